The van der Waals surface area contributed by atoms with Gasteiger partial charge >= 0.3 is 0 Å². The number of hydrogen-bond donors (Lipinski definition) is 0. The molecule has 3 heteroatoms. The Kier molecular flexibility index (Phi) is 4.40. The smallest absolute Gasteiger partial charge is 0.0411 e. The second-order valence-corrected chi connectivity index (χ2v) is 4.35. The molecule has 12 heavy (non-hydrogen) atoms. The van der Waals surface area contributed by atoms with Crippen molar-refractivity contribution in [3.8, 4) is 0 Å². The van der Waals surface area contributed by atoms with Gasteiger partial charge < -0.3 is 0 Å². The van der Waals surface area contributed by atoms with Crippen LogP contribution in [0.2, 0.25) is 0 Å². The van der Waals surface area contributed by atoms with Crippen molar-refractivity contribution < 1.29 is 0 Å². The van der Waals surface area contributed by atoms with Gasteiger partial charge in [0.15, 0.2) is 0 Å². The molecule has 64 valence electrons. The fourth-order valence-electron chi connectivity index (χ4n) is 0.731. The van der Waals surface area contributed by atoms with E-state index >= 15 is 0 Å². The predicted octanol–water partition coefficient (Wildman–Crippen LogP) is 3.51. The molecule has 0 aliphatic heterocycles. The summed E-state index contributed by atoms with van der Waals surface area (Å²) in [6.45, 7) is 3.67. The minimum atomic E-state index is 1.03. The first kappa shape index (κ1) is 9.81. The summed E-state index contributed by atoms with van der Waals surface area (Å²) in [7, 11) is 0. The summed E-state index contributed by atoms with van der Waals surface area (Å²) < 4.78 is 1.03. The van der Waals surface area contributed by atoms with Gasteiger partial charge in [0, 0.05) is 27.5 Å². The number of thioether (sulfide) groups is 1. The molecule has 1 aromatic heterocycles. The molecule has 0 spiro atoms. The summed E-state index contributed by atoms with van der Waals surface area (Å²) in [6.07, 6.45) is 6.63. The minimum Gasteiger partial charge on any atom is -0.262 e. The van der Waals surface area contributed by atoms with Gasteiger partial charge in [0.2, 0.25) is 0 Å². The standard InChI is InChI=1S/C9H10BrNS/c1-2-3-4-12-9-5-8(10)6-11-7-9/h2,5-7H,1,3-4H2. The molecule has 0 atom stereocenters. The first-order valence-electron chi connectivity index (χ1n) is 3.67. The highest BCUT2D eigenvalue weighted by molar-refractivity contribution is 9.10. The minimum absolute atomic E-state index is 1.03. The molecule has 0 bridgehead atoms. The van der Waals surface area contributed by atoms with Gasteiger partial charge in [-0.15, -0.1) is 18.3 Å². The molecule has 1 nitrogen and oxygen atoms in total. The molecular formula is C9H10BrNS. The predicted molar refractivity (Wildman–Crippen MR) is 57.5 cm³/mol. The summed E-state index contributed by atoms with van der Waals surface area (Å²) >= 11 is 5.17. The Labute approximate surface area is 85.4 Å². The van der Waals surface area contributed by atoms with Crippen LogP contribution in [0.5, 0.6) is 0 Å². The number of pyridine rings is 1. The first-order chi connectivity index (χ1) is 5.83. The van der Waals surface area contributed by atoms with Crippen molar-refractivity contribution in [2.45, 2.75) is 11.3 Å². The second kappa shape index (κ2) is 5.38. The van der Waals surface area contributed by atoms with Crippen molar-refractivity contribution in [1.29, 1.82) is 0 Å². The monoisotopic (exact) mass is 243 g/mol. The fourth-order valence-corrected chi connectivity index (χ4v) is 2.11. The molecule has 1 aromatic rings. The van der Waals surface area contributed by atoms with Crippen LogP contribution in [0.4, 0.5) is 0 Å². The first-order valence-corrected chi connectivity index (χ1v) is 5.45. The number of nitrogens with zero attached hydrogens (tertiary/aromatic N) is 1. The van der Waals surface area contributed by atoms with Crippen LogP contribution in [0.1, 0.15) is 6.42 Å². The van der Waals surface area contributed by atoms with E-state index in [1.54, 1.807) is 18.0 Å². The maximum absolute atomic E-state index is 4.07. The van der Waals surface area contributed by atoms with Gasteiger partial charge in [-0.3, -0.25) is 4.98 Å². The normalized spacial score (nSPS) is 9.75. The molecule has 0 saturated carbocycles. The number of aromatic nitrogens is 1. The topological polar surface area (TPSA) is 12.9 Å². The van der Waals surface area contributed by atoms with E-state index in [-0.39, 0.29) is 0 Å². The van der Waals surface area contributed by atoms with E-state index < -0.39 is 0 Å². The molecule has 0 radical (unpaired) electrons. The van der Waals surface area contributed by atoms with Crippen LogP contribution >= 0.6 is 27.7 Å². The van der Waals surface area contributed by atoms with Crippen LogP contribution in [0.15, 0.2) is 40.5 Å². The highest BCUT2D eigenvalue weighted by Gasteiger charge is 1.93. The number of hydrogen-bond acceptors (Lipinski definition) is 2. The van der Waals surface area contributed by atoms with Gasteiger partial charge in [-0.25, -0.2) is 0 Å². The van der Waals surface area contributed by atoms with Crippen LogP contribution in [-0.4, -0.2) is 10.7 Å². The van der Waals surface area contributed by atoms with Crippen LogP contribution in [0, 0.1) is 0 Å². The van der Waals surface area contributed by atoms with Gasteiger partial charge in [-0.1, -0.05) is 6.08 Å². The largest absolute Gasteiger partial charge is 0.262 e. The molecule has 0 aliphatic carbocycles. The van der Waals surface area contributed by atoms with Crippen molar-refractivity contribution in [1.82, 2.24) is 4.98 Å². The number of rotatable bonds is 4. The average molecular weight is 244 g/mol. The van der Waals surface area contributed by atoms with Crippen molar-refractivity contribution in [2.24, 2.45) is 0 Å². The third-order valence-electron chi connectivity index (χ3n) is 1.27. The van der Waals surface area contributed by atoms with Crippen molar-refractivity contribution in [2.75, 3.05) is 5.75 Å². The molecule has 0 fully saturated rings. The zero-order chi connectivity index (χ0) is 8.81. The fraction of sp³-hybridized carbons (Fsp3) is 0.222. The molecule has 0 amide bonds. The highest BCUT2D eigenvalue weighted by Crippen LogP contribution is 2.20. The van der Waals surface area contributed by atoms with Gasteiger partial charge in [0.05, 0.1) is 0 Å². The maximum atomic E-state index is 4.07. The Morgan fingerprint density at radius 1 is 1.58 bits per heavy atom. The van der Waals surface area contributed by atoms with Crippen LogP contribution in [0.25, 0.3) is 0 Å². The summed E-state index contributed by atoms with van der Waals surface area (Å²) in [6, 6.07) is 2.07. The number of allylic oxidation sites excluding steroid dienone is 1. The molecule has 0 saturated heterocycles. The SMILES string of the molecule is C=CCCSc1cncc(Br)c1. The van der Waals surface area contributed by atoms with Gasteiger partial charge in [0.1, 0.15) is 0 Å². The Balaban J connectivity index is 2.46. The lowest BCUT2D eigenvalue weighted by atomic mass is 10.5. The summed E-state index contributed by atoms with van der Waals surface area (Å²) in [4.78, 5) is 5.27. The molecule has 0 aromatic carbocycles. The van der Waals surface area contributed by atoms with Crippen molar-refractivity contribution >= 4 is 27.7 Å². The van der Waals surface area contributed by atoms with Gasteiger partial charge in [-0.05, 0) is 28.4 Å². The molecule has 0 aliphatic rings. The van der Waals surface area contributed by atoms with Gasteiger partial charge in [-0.2, -0.15) is 0 Å². The highest BCUT2D eigenvalue weighted by atomic mass is 79.9. The van der Waals surface area contributed by atoms with E-state index in [0.717, 1.165) is 16.6 Å². The van der Waals surface area contributed by atoms with Crippen molar-refractivity contribution in [3.05, 3.63) is 35.6 Å². The molecule has 0 unspecified atom stereocenters. The van der Waals surface area contributed by atoms with Gasteiger partial charge in [0.25, 0.3) is 0 Å². The summed E-state index contributed by atoms with van der Waals surface area (Å²) in [5, 5.41) is 0. The third-order valence-corrected chi connectivity index (χ3v) is 2.70. The van der Waals surface area contributed by atoms with E-state index in [1.807, 2.05) is 12.3 Å². The number of halogens is 1. The second-order valence-electron chi connectivity index (χ2n) is 2.26. The van der Waals surface area contributed by atoms with Crippen LogP contribution in [-0.2, 0) is 0 Å². The van der Waals surface area contributed by atoms with Crippen LogP contribution in [0.3, 0.4) is 0 Å². The Morgan fingerprint density at radius 2 is 2.42 bits per heavy atom. The molecule has 1 heterocycles. The molecule has 1 rings (SSSR count). The van der Waals surface area contributed by atoms with Crippen LogP contribution < -0.4 is 0 Å². The third kappa shape index (κ3) is 3.41. The summed E-state index contributed by atoms with van der Waals surface area (Å²) in [5.41, 5.74) is 0. The Hall–Kier alpha value is -0.280. The zero-order valence-electron chi connectivity index (χ0n) is 6.66. The lowest BCUT2D eigenvalue weighted by molar-refractivity contribution is 1.20. The van der Waals surface area contributed by atoms with E-state index in [4.69, 9.17) is 0 Å². The Bertz CT molecular complexity index is 262. The van der Waals surface area contributed by atoms with E-state index in [0.29, 0.717) is 0 Å². The Morgan fingerprint density at radius 3 is 3.08 bits per heavy atom. The van der Waals surface area contributed by atoms with E-state index in [1.165, 1.54) is 4.90 Å². The molecule has 0 N–H and O–H groups in total. The average Bonchev–Trinajstić information content (AvgIpc) is 2.05. The lowest BCUT2D eigenvalue weighted by Crippen LogP contribution is -1.78. The summed E-state index contributed by atoms with van der Waals surface area (Å²) in [5.74, 6) is 1.07. The lowest BCUT2D eigenvalue weighted by Gasteiger charge is -1.98. The van der Waals surface area contributed by atoms with E-state index in [9.17, 15) is 0 Å². The maximum Gasteiger partial charge on any atom is 0.0411 e. The zero-order valence-corrected chi connectivity index (χ0v) is 9.07. The quantitative estimate of drug-likeness (QED) is 0.456. The van der Waals surface area contributed by atoms with Crippen molar-refractivity contribution in [3.63, 3.8) is 0 Å². The van der Waals surface area contributed by atoms with E-state index in [2.05, 4.69) is 33.6 Å². The molecular weight excluding hydrogens is 234 g/mol.